The Kier molecular flexibility index (Phi) is 7.17. The summed E-state index contributed by atoms with van der Waals surface area (Å²) in [5.74, 6) is -0.723. The van der Waals surface area contributed by atoms with Gasteiger partial charge in [0.2, 0.25) is 5.91 Å². The minimum Gasteiger partial charge on any atom is -0.349 e. The highest BCUT2D eigenvalue weighted by Gasteiger charge is 2.31. The van der Waals surface area contributed by atoms with Crippen LogP contribution in [-0.4, -0.2) is 29.8 Å². The monoisotopic (exact) mass is 472 g/mol. The van der Waals surface area contributed by atoms with E-state index in [0.717, 1.165) is 17.7 Å². The lowest BCUT2D eigenvalue weighted by Crippen LogP contribution is -2.43. The van der Waals surface area contributed by atoms with Crippen molar-refractivity contribution >= 4 is 35.0 Å². The summed E-state index contributed by atoms with van der Waals surface area (Å²) in [6.07, 6.45) is -3.50. The average molecular weight is 473 g/mol. The SMILES string of the molecule is CC(NC(=O)C1CCN(C(=O)c2ccc(C(F)(F)F)cc2)CC1)c1ccc(Cl)cc1Cl. The van der Waals surface area contributed by atoms with Crippen molar-refractivity contribution in [2.24, 2.45) is 5.92 Å². The molecule has 0 bridgehead atoms. The van der Waals surface area contributed by atoms with Crippen molar-refractivity contribution in [3.63, 3.8) is 0 Å². The molecule has 1 heterocycles. The lowest BCUT2D eigenvalue weighted by molar-refractivity contribution is -0.137. The Balaban J connectivity index is 1.55. The van der Waals surface area contributed by atoms with Gasteiger partial charge < -0.3 is 10.2 Å². The minimum atomic E-state index is -4.44. The summed E-state index contributed by atoms with van der Waals surface area (Å²) in [4.78, 5) is 26.8. The average Bonchev–Trinajstić information content (AvgIpc) is 2.72. The molecular weight excluding hydrogens is 452 g/mol. The van der Waals surface area contributed by atoms with Crippen LogP contribution < -0.4 is 5.32 Å². The first-order chi connectivity index (χ1) is 14.6. The van der Waals surface area contributed by atoms with Gasteiger partial charge in [-0.1, -0.05) is 29.3 Å². The molecule has 0 radical (unpaired) electrons. The van der Waals surface area contributed by atoms with Gasteiger partial charge in [0, 0.05) is 34.6 Å². The maximum Gasteiger partial charge on any atom is 0.416 e. The Morgan fingerprint density at radius 3 is 2.23 bits per heavy atom. The molecule has 0 aliphatic carbocycles. The summed E-state index contributed by atoms with van der Waals surface area (Å²) < 4.78 is 38.1. The number of hydrogen-bond donors (Lipinski definition) is 1. The van der Waals surface area contributed by atoms with Crippen LogP contribution >= 0.6 is 23.2 Å². The van der Waals surface area contributed by atoms with E-state index in [4.69, 9.17) is 23.2 Å². The van der Waals surface area contributed by atoms with Crippen LogP contribution in [0.25, 0.3) is 0 Å². The summed E-state index contributed by atoms with van der Waals surface area (Å²) in [5, 5.41) is 3.93. The second-order valence-corrected chi connectivity index (χ2v) is 8.38. The van der Waals surface area contributed by atoms with Crippen molar-refractivity contribution in [1.29, 1.82) is 0 Å². The van der Waals surface area contributed by atoms with E-state index in [0.29, 0.717) is 36.0 Å². The third kappa shape index (κ3) is 5.71. The molecule has 1 unspecified atom stereocenters. The number of nitrogens with zero attached hydrogens (tertiary/aromatic N) is 1. The number of piperidine rings is 1. The van der Waals surface area contributed by atoms with E-state index in [1.54, 1.807) is 23.1 Å². The van der Waals surface area contributed by atoms with Gasteiger partial charge >= 0.3 is 6.18 Å². The number of carbonyl (C=O) groups excluding carboxylic acids is 2. The Morgan fingerprint density at radius 2 is 1.68 bits per heavy atom. The number of nitrogens with one attached hydrogen (secondary N) is 1. The molecular formula is C22H21Cl2F3N2O2. The van der Waals surface area contributed by atoms with Crippen LogP contribution in [0.2, 0.25) is 10.0 Å². The molecule has 1 aliphatic heterocycles. The molecule has 0 spiro atoms. The summed E-state index contributed by atoms with van der Waals surface area (Å²) in [5.41, 5.74) is 0.158. The van der Waals surface area contributed by atoms with E-state index in [9.17, 15) is 22.8 Å². The molecule has 166 valence electrons. The standard InChI is InChI=1S/C22H21Cl2F3N2O2/c1-13(18-7-6-17(23)12-19(18)24)28-20(30)14-8-10-29(11-9-14)21(31)15-2-4-16(5-3-15)22(25,26)27/h2-7,12-14H,8-11H2,1H3,(H,28,30). The van der Waals surface area contributed by atoms with Crippen molar-refractivity contribution in [1.82, 2.24) is 10.2 Å². The number of halogens is 5. The number of rotatable bonds is 4. The van der Waals surface area contributed by atoms with E-state index >= 15 is 0 Å². The van der Waals surface area contributed by atoms with Gasteiger partial charge in [0.25, 0.3) is 5.91 Å². The predicted octanol–water partition coefficient (Wildman–Crippen LogP) is 5.74. The first kappa shape index (κ1) is 23.4. The number of amides is 2. The second-order valence-electron chi connectivity index (χ2n) is 7.54. The largest absolute Gasteiger partial charge is 0.416 e. The van der Waals surface area contributed by atoms with Gasteiger partial charge in [0.1, 0.15) is 0 Å². The first-order valence-electron chi connectivity index (χ1n) is 9.78. The molecule has 2 aromatic rings. The van der Waals surface area contributed by atoms with Crippen LogP contribution in [0.3, 0.4) is 0 Å². The van der Waals surface area contributed by atoms with E-state index in [1.165, 1.54) is 12.1 Å². The molecule has 0 saturated carbocycles. The maximum absolute atomic E-state index is 12.7. The molecule has 1 aliphatic rings. The Bertz CT molecular complexity index is 956. The highest BCUT2D eigenvalue weighted by atomic mass is 35.5. The van der Waals surface area contributed by atoms with Crippen LogP contribution in [0.1, 0.15) is 47.3 Å². The highest BCUT2D eigenvalue weighted by Crippen LogP contribution is 2.30. The van der Waals surface area contributed by atoms with Crippen molar-refractivity contribution in [2.45, 2.75) is 32.0 Å². The third-order valence-corrected chi connectivity index (χ3v) is 5.96. The summed E-state index contributed by atoms with van der Waals surface area (Å²) in [6, 6.07) is 8.95. The zero-order chi connectivity index (χ0) is 22.8. The summed E-state index contributed by atoms with van der Waals surface area (Å²) >= 11 is 12.1. The van der Waals surface area contributed by atoms with Gasteiger partial charge in [-0.25, -0.2) is 0 Å². The topological polar surface area (TPSA) is 49.4 Å². The molecule has 1 saturated heterocycles. The molecule has 0 aromatic heterocycles. The van der Waals surface area contributed by atoms with Crippen molar-refractivity contribution in [3.8, 4) is 0 Å². The van der Waals surface area contributed by atoms with Gasteiger partial charge in [0.15, 0.2) is 0 Å². The van der Waals surface area contributed by atoms with Gasteiger partial charge in [-0.3, -0.25) is 9.59 Å². The Hall–Kier alpha value is -2.25. The Labute approximate surface area is 188 Å². The van der Waals surface area contributed by atoms with Crippen molar-refractivity contribution < 1.29 is 22.8 Å². The lowest BCUT2D eigenvalue weighted by Gasteiger charge is -2.32. The third-order valence-electron chi connectivity index (χ3n) is 5.40. The summed E-state index contributed by atoms with van der Waals surface area (Å²) in [6.45, 7) is 2.54. The van der Waals surface area contributed by atoms with Gasteiger partial charge in [-0.05, 0) is 61.7 Å². The zero-order valence-electron chi connectivity index (χ0n) is 16.7. The first-order valence-corrected chi connectivity index (χ1v) is 10.5. The minimum absolute atomic E-state index is 0.125. The van der Waals surface area contributed by atoms with Crippen LogP contribution in [0, 0.1) is 5.92 Å². The molecule has 9 heteroatoms. The molecule has 2 aromatic carbocycles. The molecule has 2 amide bonds. The van der Waals surface area contributed by atoms with Crippen molar-refractivity contribution in [3.05, 3.63) is 69.2 Å². The fraction of sp³-hybridized carbons (Fsp3) is 0.364. The highest BCUT2D eigenvalue weighted by molar-refractivity contribution is 6.35. The van der Waals surface area contributed by atoms with Crippen LogP contribution in [0.15, 0.2) is 42.5 Å². The molecule has 1 N–H and O–H groups in total. The quantitative estimate of drug-likeness (QED) is 0.616. The number of hydrogen-bond acceptors (Lipinski definition) is 2. The fourth-order valence-electron chi connectivity index (χ4n) is 3.59. The Morgan fingerprint density at radius 1 is 1.06 bits per heavy atom. The fourth-order valence-corrected chi connectivity index (χ4v) is 4.16. The lowest BCUT2D eigenvalue weighted by atomic mass is 9.94. The molecule has 1 fully saturated rings. The van der Waals surface area contributed by atoms with Crippen LogP contribution in [0.4, 0.5) is 13.2 Å². The van der Waals surface area contributed by atoms with E-state index in [2.05, 4.69) is 5.32 Å². The van der Waals surface area contributed by atoms with Crippen LogP contribution in [-0.2, 0) is 11.0 Å². The maximum atomic E-state index is 12.7. The number of carbonyl (C=O) groups is 2. The normalized spacial score (nSPS) is 16.1. The van der Waals surface area contributed by atoms with Gasteiger partial charge in [0.05, 0.1) is 11.6 Å². The molecule has 3 rings (SSSR count). The number of benzene rings is 2. The second kappa shape index (κ2) is 9.49. The zero-order valence-corrected chi connectivity index (χ0v) is 18.2. The van der Waals surface area contributed by atoms with E-state index in [-0.39, 0.29) is 29.3 Å². The molecule has 1 atom stereocenters. The smallest absolute Gasteiger partial charge is 0.349 e. The molecule has 31 heavy (non-hydrogen) atoms. The number of likely N-dealkylation sites (tertiary alicyclic amines) is 1. The van der Waals surface area contributed by atoms with E-state index in [1.807, 2.05) is 6.92 Å². The summed E-state index contributed by atoms with van der Waals surface area (Å²) in [7, 11) is 0. The van der Waals surface area contributed by atoms with Gasteiger partial charge in [-0.2, -0.15) is 13.2 Å². The molecule has 4 nitrogen and oxygen atoms in total. The van der Waals surface area contributed by atoms with Gasteiger partial charge in [-0.15, -0.1) is 0 Å². The predicted molar refractivity (Wildman–Crippen MR) is 113 cm³/mol. The number of alkyl halides is 3. The van der Waals surface area contributed by atoms with E-state index < -0.39 is 11.7 Å². The van der Waals surface area contributed by atoms with Crippen molar-refractivity contribution in [2.75, 3.05) is 13.1 Å². The van der Waals surface area contributed by atoms with Crippen LogP contribution in [0.5, 0.6) is 0 Å².